The Hall–Kier alpha value is -1.69. The third-order valence-corrected chi connectivity index (χ3v) is 3.19. The lowest BCUT2D eigenvalue weighted by Crippen LogP contribution is -2.44. The molecule has 0 fully saturated rings. The van der Waals surface area contributed by atoms with Crippen LogP contribution in [0.3, 0.4) is 0 Å². The summed E-state index contributed by atoms with van der Waals surface area (Å²) < 4.78 is 1.17. The van der Waals surface area contributed by atoms with Gasteiger partial charge in [-0.25, -0.2) is 4.68 Å². The van der Waals surface area contributed by atoms with Gasteiger partial charge in [0.05, 0.1) is 11.3 Å². The number of likely N-dealkylation sites (N-methyl/N-ethyl adjacent to an activating group) is 1. The maximum Gasteiger partial charge on any atom is 0.279 e. The van der Waals surface area contributed by atoms with Gasteiger partial charge in [0.25, 0.3) is 11.5 Å². The molecule has 0 radical (unpaired) electrons. The molecule has 0 atom stereocenters. The molecule has 6 heteroatoms. The van der Waals surface area contributed by atoms with Gasteiger partial charge in [0.1, 0.15) is 5.56 Å². The second kappa shape index (κ2) is 5.75. The molecule has 1 N–H and O–H groups in total. The number of carbonyl (C=O) groups excluding carboxylic acids is 1. The predicted molar refractivity (Wildman–Crippen MR) is 76.8 cm³/mol. The number of carbonyl (C=O) groups is 1. The van der Waals surface area contributed by atoms with Crippen molar-refractivity contribution >= 4 is 5.91 Å². The number of aromatic nitrogens is 2. The van der Waals surface area contributed by atoms with Crippen molar-refractivity contribution in [1.29, 1.82) is 0 Å². The van der Waals surface area contributed by atoms with Gasteiger partial charge in [-0.1, -0.05) is 0 Å². The number of hydrogen-bond donors (Lipinski definition) is 1. The van der Waals surface area contributed by atoms with Gasteiger partial charge in [0.15, 0.2) is 0 Å². The van der Waals surface area contributed by atoms with Crippen LogP contribution in [0.4, 0.5) is 0 Å². The van der Waals surface area contributed by atoms with E-state index in [0.717, 1.165) is 0 Å². The fraction of sp³-hybridized carbons (Fsp3) is 0.643. The third kappa shape index (κ3) is 3.45. The van der Waals surface area contributed by atoms with Crippen LogP contribution in [0.1, 0.15) is 42.4 Å². The van der Waals surface area contributed by atoms with Gasteiger partial charge in [-0.15, -0.1) is 0 Å². The molecule has 1 heterocycles. The number of aryl methyl sites for hydroxylation is 2. The topological polar surface area (TPSA) is 75.4 Å². The van der Waals surface area contributed by atoms with Crippen molar-refractivity contribution in [2.75, 3.05) is 13.1 Å². The molecule has 1 aromatic rings. The van der Waals surface area contributed by atoms with Crippen molar-refractivity contribution < 1.29 is 9.90 Å². The molecule has 0 bridgehead atoms. The Morgan fingerprint density at radius 2 is 1.95 bits per heavy atom. The van der Waals surface area contributed by atoms with E-state index in [-0.39, 0.29) is 18.0 Å². The zero-order chi connectivity index (χ0) is 15.7. The lowest BCUT2D eigenvalue weighted by Gasteiger charge is -2.28. The van der Waals surface area contributed by atoms with Crippen LogP contribution >= 0.6 is 0 Å². The Kier molecular flexibility index (Phi) is 4.70. The molecule has 0 aromatic carbocycles. The van der Waals surface area contributed by atoms with E-state index in [1.54, 1.807) is 27.7 Å². The minimum Gasteiger partial charge on any atom is -0.389 e. The molecule has 6 nitrogen and oxygen atoms in total. The van der Waals surface area contributed by atoms with E-state index >= 15 is 0 Å². The fourth-order valence-corrected chi connectivity index (χ4v) is 2.05. The molecule has 0 saturated carbocycles. The van der Waals surface area contributed by atoms with E-state index in [0.29, 0.717) is 17.8 Å². The van der Waals surface area contributed by atoms with Crippen LogP contribution in [0.15, 0.2) is 4.79 Å². The van der Waals surface area contributed by atoms with Crippen molar-refractivity contribution in [1.82, 2.24) is 14.7 Å². The average molecular weight is 281 g/mol. The van der Waals surface area contributed by atoms with Gasteiger partial charge in [-0.3, -0.25) is 9.59 Å². The Bertz CT molecular complexity index is 570. The summed E-state index contributed by atoms with van der Waals surface area (Å²) in [6.45, 7) is 9.15. The van der Waals surface area contributed by atoms with Crippen molar-refractivity contribution in [3.63, 3.8) is 0 Å². The van der Waals surface area contributed by atoms with Gasteiger partial charge >= 0.3 is 0 Å². The normalized spacial score (nSPS) is 11.6. The molecule has 1 rings (SSSR count). The van der Waals surface area contributed by atoms with Crippen LogP contribution in [-0.2, 0) is 7.05 Å². The van der Waals surface area contributed by atoms with Gasteiger partial charge in [-0.2, -0.15) is 5.10 Å². The Balaban J connectivity index is 3.30. The summed E-state index contributed by atoms with van der Waals surface area (Å²) in [4.78, 5) is 26.2. The van der Waals surface area contributed by atoms with Crippen LogP contribution in [0.25, 0.3) is 0 Å². The van der Waals surface area contributed by atoms with Crippen molar-refractivity contribution in [2.24, 2.45) is 7.05 Å². The SMILES string of the molecule is CCN(CC(C)(C)O)C(=O)c1c(C)c(C)nn(C)c1=O. The number of aliphatic hydroxyl groups is 1. The largest absolute Gasteiger partial charge is 0.389 e. The molecule has 0 aliphatic rings. The van der Waals surface area contributed by atoms with E-state index in [1.807, 2.05) is 6.92 Å². The number of nitrogens with zero attached hydrogens (tertiary/aromatic N) is 3. The minimum atomic E-state index is -1.01. The van der Waals surface area contributed by atoms with Gasteiger partial charge in [-0.05, 0) is 40.2 Å². The lowest BCUT2D eigenvalue weighted by atomic mass is 10.1. The average Bonchev–Trinajstić information content (AvgIpc) is 2.32. The Morgan fingerprint density at radius 3 is 2.40 bits per heavy atom. The Labute approximate surface area is 119 Å². The first-order valence-electron chi connectivity index (χ1n) is 6.64. The van der Waals surface area contributed by atoms with E-state index in [1.165, 1.54) is 16.6 Å². The molecule has 0 spiro atoms. The van der Waals surface area contributed by atoms with Crippen LogP contribution in [-0.4, -0.2) is 44.4 Å². The quantitative estimate of drug-likeness (QED) is 0.878. The monoisotopic (exact) mass is 281 g/mol. The number of rotatable bonds is 4. The minimum absolute atomic E-state index is 0.131. The molecular formula is C14H23N3O3. The number of amides is 1. The summed E-state index contributed by atoms with van der Waals surface area (Å²) in [7, 11) is 1.53. The van der Waals surface area contributed by atoms with E-state index in [4.69, 9.17) is 0 Å². The summed E-state index contributed by atoms with van der Waals surface area (Å²) in [6, 6.07) is 0. The number of hydrogen-bond acceptors (Lipinski definition) is 4. The van der Waals surface area contributed by atoms with E-state index in [9.17, 15) is 14.7 Å². The van der Waals surface area contributed by atoms with Gasteiger partial charge in [0.2, 0.25) is 0 Å². The molecule has 0 aliphatic carbocycles. The van der Waals surface area contributed by atoms with E-state index in [2.05, 4.69) is 5.10 Å². The molecular weight excluding hydrogens is 258 g/mol. The summed E-state index contributed by atoms with van der Waals surface area (Å²) in [5.74, 6) is -0.363. The standard InChI is InChI=1S/C14H23N3O3/c1-7-17(8-14(4,5)20)13(19)11-9(2)10(3)15-16(6)12(11)18/h20H,7-8H2,1-6H3. The summed E-state index contributed by atoms with van der Waals surface area (Å²) >= 11 is 0. The molecule has 1 aromatic heterocycles. The first-order valence-corrected chi connectivity index (χ1v) is 6.64. The first kappa shape index (κ1) is 16.4. The fourth-order valence-electron chi connectivity index (χ4n) is 2.05. The highest BCUT2D eigenvalue weighted by atomic mass is 16.3. The molecule has 20 heavy (non-hydrogen) atoms. The van der Waals surface area contributed by atoms with Crippen LogP contribution in [0.5, 0.6) is 0 Å². The van der Waals surface area contributed by atoms with Crippen molar-refractivity contribution in [3.05, 3.63) is 27.2 Å². The molecule has 0 unspecified atom stereocenters. The zero-order valence-corrected chi connectivity index (χ0v) is 13.0. The summed E-state index contributed by atoms with van der Waals surface area (Å²) in [6.07, 6.45) is 0. The Morgan fingerprint density at radius 1 is 1.40 bits per heavy atom. The molecule has 112 valence electrons. The van der Waals surface area contributed by atoms with Crippen LogP contribution in [0, 0.1) is 13.8 Å². The maximum atomic E-state index is 12.6. The summed E-state index contributed by atoms with van der Waals surface area (Å²) in [5.41, 5.74) is -0.0483. The molecule has 0 aliphatic heterocycles. The lowest BCUT2D eigenvalue weighted by molar-refractivity contribution is 0.0312. The smallest absolute Gasteiger partial charge is 0.279 e. The van der Waals surface area contributed by atoms with Crippen LogP contribution in [0.2, 0.25) is 0 Å². The van der Waals surface area contributed by atoms with Crippen LogP contribution < -0.4 is 5.56 Å². The first-order chi connectivity index (χ1) is 9.08. The highest BCUT2D eigenvalue weighted by Gasteiger charge is 2.26. The van der Waals surface area contributed by atoms with E-state index < -0.39 is 11.2 Å². The van der Waals surface area contributed by atoms with Gasteiger partial charge < -0.3 is 10.0 Å². The van der Waals surface area contributed by atoms with Crippen molar-refractivity contribution in [3.8, 4) is 0 Å². The molecule has 1 amide bonds. The predicted octanol–water partition coefficient (Wildman–Crippen LogP) is 0.630. The highest BCUT2D eigenvalue weighted by Crippen LogP contribution is 2.12. The maximum absolute atomic E-state index is 12.6. The second-order valence-corrected chi connectivity index (χ2v) is 5.65. The second-order valence-electron chi connectivity index (χ2n) is 5.65. The highest BCUT2D eigenvalue weighted by molar-refractivity contribution is 5.95. The third-order valence-electron chi connectivity index (χ3n) is 3.19. The summed E-state index contributed by atoms with van der Waals surface area (Å²) in [5, 5.41) is 13.9. The van der Waals surface area contributed by atoms with Gasteiger partial charge in [0, 0.05) is 20.1 Å². The molecule has 0 saturated heterocycles. The van der Waals surface area contributed by atoms with Crippen molar-refractivity contribution in [2.45, 2.75) is 40.2 Å². The zero-order valence-electron chi connectivity index (χ0n) is 13.0.